The number of nitrogens with zero attached hydrogens (tertiary/aromatic N) is 2. The summed E-state index contributed by atoms with van der Waals surface area (Å²) in [5.74, 6) is -0.260. The number of hydrogen-bond acceptors (Lipinski definition) is 7. The summed E-state index contributed by atoms with van der Waals surface area (Å²) in [5.41, 5.74) is 2.43. The molecular formula is C21H25N3O5. The van der Waals surface area contributed by atoms with Crippen molar-refractivity contribution in [2.24, 2.45) is 5.92 Å². The number of carbonyl (C=O) groups excluding carboxylic acids is 1. The minimum Gasteiger partial charge on any atom is -0.465 e. The van der Waals surface area contributed by atoms with E-state index < -0.39 is 10.9 Å². The average Bonchev–Trinajstić information content (AvgIpc) is 2.77. The molecule has 0 saturated carbocycles. The number of benzene rings is 2. The highest BCUT2D eigenvalue weighted by Gasteiger charge is 2.21. The molecule has 8 heteroatoms. The summed E-state index contributed by atoms with van der Waals surface area (Å²) in [4.78, 5) is 24.9. The summed E-state index contributed by atoms with van der Waals surface area (Å²) in [7, 11) is 1.24. The fraction of sp³-hybridized carbons (Fsp3) is 0.381. The Bertz CT molecular complexity index is 878. The van der Waals surface area contributed by atoms with Gasteiger partial charge < -0.3 is 20.1 Å². The molecule has 3 rings (SSSR count). The molecule has 0 radical (unpaired) electrons. The summed E-state index contributed by atoms with van der Waals surface area (Å²) in [5, 5.41) is 23.9. The molecule has 0 aliphatic carbocycles. The maximum atomic E-state index is 11.7. The van der Waals surface area contributed by atoms with E-state index in [0.29, 0.717) is 18.2 Å². The fourth-order valence-electron chi connectivity index (χ4n) is 3.59. The molecule has 2 aromatic rings. The molecular weight excluding hydrogens is 374 g/mol. The van der Waals surface area contributed by atoms with Crippen molar-refractivity contribution in [2.45, 2.75) is 19.4 Å². The monoisotopic (exact) mass is 399 g/mol. The third kappa shape index (κ3) is 4.83. The van der Waals surface area contributed by atoms with E-state index in [0.717, 1.165) is 37.2 Å². The van der Waals surface area contributed by atoms with Crippen LogP contribution in [0.5, 0.6) is 0 Å². The van der Waals surface area contributed by atoms with Crippen LogP contribution in [0, 0.1) is 16.0 Å². The molecule has 2 N–H and O–H groups in total. The quantitative estimate of drug-likeness (QED) is 0.418. The summed E-state index contributed by atoms with van der Waals surface area (Å²) in [6.45, 7) is 2.38. The van der Waals surface area contributed by atoms with Crippen LogP contribution in [0.1, 0.15) is 28.8 Å². The highest BCUT2D eigenvalue weighted by atomic mass is 16.6. The first-order chi connectivity index (χ1) is 14.0. The van der Waals surface area contributed by atoms with Crippen molar-refractivity contribution < 1.29 is 19.6 Å². The molecule has 2 aromatic carbocycles. The van der Waals surface area contributed by atoms with Crippen molar-refractivity contribution in [1.29, 1.82) is 0 Å². The standard InChI is InChI=1S/C21H25N3O5/c1-29-21(26)16-6-7-18(20(12-16)24(27)28)22-13-17-4-2-3-5-19(17)23-10-8-15(14-25)9-11-23/h2-7,12,15,22,25H,8-11,13-14H2,1H3. The van der Waals surface area contributed by atoms with Crippen LogP contribution in [0.2, 0.25) is 0 Å². The lowest BCUT2D eigenvalue weighted by atomic mass is 9.97. The number of carbonyl (C=O) groups is 1. The number of hydrogen-bond donors (Lipinski definition) is 2. The van der Waals surface area contributed by atoms with Gasteiger partial charge in [-0.2, -0.15) is 0 Å². The predicted octanol–water partition coefficient (Wildman–Crippen LogP) is 3.20. The normalized spacial score (nSPS) is 14.5. The van der Waals surface area contributed by atoms with Gasteiger partial charge in [0.1, 0.15) is 5.69 Å². The Labute approximate surface area is 169 Å². The van der Waals surface area contributed by atoms with Crippen molar-refractivity contribution in [2.75, 3.05) is 37.0 Å². The number of nitro benzene ring substituents is 1. The van der Waals surface area contributed by atoms with Gasteiger partial charge >= 0.3 is 5.97 Å². The summed E-state index contributed by atoms with van der Waals surface area (Å²) in [6.07, 6.45) is 1.89. The third-order valence-corrected chi connectivity index (χ3v) is 5.29. The van der Waals surface area contributed by atoms with Crippen molar-refractivity contribution >= 4 is 23.0 Å². The summed E-state index contributed by atoms with van der Waals surface area (Å²) in [6, 6.07) is 12.2. The Kier molecular flexibility index (Phi) is 6.66. The van der Waals surface area contributed by atoms with Gasteiger partial charge in [0.25, 0.3) is 5.69 Å². The van der Waals surface area contributed by atoms with Crippen LogP contribution in [0.25, 0.3) is 0 Å². The maximum Gasteiger partial charge on any atom is 0.338 e. The van der Waals surface area contributed by atoms with E-state index >= 15 is 0 Å². The minimum atomic E-state index is -0.615. The number of aliphatic hydroxyl groups excluding tert-OH is 1. The summed E-state index contributed by atoms with van der Waals surface area (Å²) >= 11 is 0. The Balaban J connectivity index is 1.77. The van der Waals surface area contributed by atoms with Crippen LogP contribution < -0.4 is 10.2 Å². The average molecular weight is 399 g/mol. The largest absolute Gasteiger partial charge is 0.465 e. The number of piperidine rings is 1. The maximum absolute atomic E-state index is 11.7. The topological polar surface area (TPSA) is 105 Å². The van der Waals surface area contributed by atoms with Gasteiger partial charge in [-0.05, 0) is 42.5 Å². The number of aliphatic hydroxyl groups is 1. The number of ether oxygens (including phenoxy) is 1. The number of rotatable bonds is 7. The number of esters is 1. The zero-order valence-corrected chi connectivity index (χ0v) is 16.3. The second kappa shape index (κ2) is 9.38. The van der Waals surface area contributed by atoms with Crippen LogP contribution in [0.15, 0.2) is 42.5 Å². The lowest BCUT2D eigenvalue weighted by Gasteiger charge is -2.34. The summed E-state index contributed by atoms with van der Waals surface area (Å²) < 4.78 is 4.64. The first-order valence-electron chi connectivity index (χ1n) is 9.57. The molecule has 154 valence electrons. The van der Waals surface area contributed by atoms with E-state index in [2.05, 4.69) is 15.0 Å². The molecule has 29 heavy (non-hydrogen) atoms. The van der Waals surface area contributed by atoms with Gasteiger partial charge in [0.2, 0.25) is 0 Å². The van der Waals surface area contributed by atoms with E-state index in [1.807, 2.05) is 24.3 Å². The molecule has 8 nitrogen and oxygen atoms in total. The zero-order valence-electron chi connectivity index (χ0n) is 16.3. The lowest BCUT2D eigenvalue weighted by Crippen LogP contribution is -2.35. The number of methoxy groups -OCH3 is 1. The Hall–Kier alpha value is -3.13. The molecule has 0 unspecified atom stereocenters. The van der Waals surface area contributed by atoms with Gasteiger partial charge in [-0.1, -0.05) is 18.2 Å². The molecule has 0 amide bonds. The van der Waals surface area contributed by atoms with Gasteiger partial charge in [-0.15, -0.1) is 0 Å². The van der Waals surface area contributed by atoms with Crippen molar-refractivity contribution in [3.05, 3.63) is 63.7 Å². The third-order valence-electron chi connectivity index (χ3n) is 5.29. The molecule has 1 fully saturated rings. The number of nitrogens with one attached hydrogen (secondary N) is 1. The van der Waals surface area contributed by atoms with Crippen LogP contribution in [0.3, 0.4) is 0 Å². The van der Waals surface area contributed by atoms with E-state index in [9.17, 15) is 20.0 Å². The number of nitro groups is 1. The Morgan fingerprint density at radius 2 is 2.00 bits per heavy atom. The molecule has 1 aliphatic rings. The molecule has 0 spiro atoms. The van der Waals surface area contributed by atoms with Gasteiger partial charge in [-0.3, -0.25) is 10.1 Å². The van der Waals surface area contributed by atoms with E-state index in [-0.39, 0.29) is 17.9 Å². The van der Waals surface area contributed by atoms with Gasteiger partial charge in [-0.25, -0.2) is 4.79 Å². The highest BCUT2D eigenvalue weighted by molar-refractivity contribution is 5.91. The van der Waals surface area contributed by atoms with E-state index in [1.54, 1.807) is 0 Å². The first kappa shape index (κ1) is 20.6. The second-order valence-corrected chi connectivity index (χ2v) is 7.08. The van der Waals surface area contributed by atoms with E-state index in [1.165, 1.54) is 25.3 Å². The van der Waals surface area contributed by atoms with Crippen LogP contribution in [0.4, 0.5) is 17.1 Å². The highest BCUT2D eigenvalue weighted by Crippen LogP contribution is 2.29. The van der Waals surface area contributed by atoms with Crippen LogP contribution >= 0.6 is 0 Å². The lowest BCUT2D eigenvalue weighted by molar-refractivity contribution is -0.384. The predicted molar refractivity (Wildman–Crippen MR) is 110 cm³/mol. The number of anilines is 2. The van der Waals surface area contributed by atoms with Crippen molar-refractivity contribution in [3.63, 3.8) is 0 Å². The SMILES string of the molecule is COC(=O)c1ccc(NCc2ccccc2N2CCC(CO)CC2)c([N+](=O)[O-])c1. The Morgan fingerprint density at radius 1 is 1.28 bits per heavy atom. The van der Waals surface area contributed by atoms with Gasteiger partial charge in [0, 0.05) is 38.0 Å². The second-order valence-electron chi connectivity index (χ2n) is 7.08. The fourth-order valence-corrected chi connectivity index (χ4v) is 3.59. The molecule has 0 bridgehead atoms. The number of para-hydroxylation sites is 1. The van der Waals surface area contributed by atoms with Gasteiger partial charge in [0.05, 0.1) is 17.6 Å². The smallest absolute Gasteiger partial charge is 0.338 e. The van der Waals surface area contributed by atoms with Gasteiger partial charge in [0.15, 0.2) is 0 Å². The van der Waals surface area contributed by atoms with Crippen LogP contribution in [-0.4, -0.2) is 42.8 Å². The molecule has 1 heterocycles. The first-order valence-corrected chi connectivity index (χ1v) is 9.57. The van der Waals surface area contributed by atoms with Crippen molar-refractivity contribution in [3.8, 4) is 0 Å². The molecule has 1 aliphatic heterocycles. The van der Waals surface area contributed by atoms with Crippen LogP contribution in [-0.2, 0) is 11.3 Å². The minimum absolute atomic E-state index is 0.136. The molecule has 0 aromatic heterocycles. The zero-order chi connectivity index (χ0) is 20.8. The Morgan fingerprint density at radius 3 is 2.66 bits per heavy atom. The van der Waals surface area contributed by atoms with E-state index in [4.69, 9.17) is 0 Å². The molecule has 1 saturated heterocycles. The molecule has 0 atom stereocenters. The van der Waals surface area contributed by atoms with Crippen molar-refractivity contribution in [1.82, 2.24) is 0 Å².